The molecule has 0 aliphatic heterocycles. The van der Waals surface area contributed by atoms with Crippen molar-refractivity contribution in [2.75, 3.05) is 6.61 Å². The molecule has 0 amide bonds. The lowest BCUT2D eigenvalue weighted by molar-refractivity contribution is 0.273. The molecule has 1 aromatic rings. The Morgan fingerprint density at radius 3 is 2.64 bits per heavy atom. The van der Waals surface area contributed by atoms with Gasteiger partial charge in [0.15, 0.2) is 0 Å². The minimum absolute atomic E-state index is 0.256. The molecule has 1 unspecified atom stereocenters. The average molecular weight is 155 g/mol. The summed E-state index contributed by atoms with van der Waals surface area (Å²) in [5.41, 5.74) is 0. The van der Waals surface area contributed by atoms with Crippen LogP contribution in [0.1, 0.15) is 25.8 Å². The molecule has 0 saturated carbocycles. The van der Waals surface area contributed by atoms with Crippen LogP contribution < -0.4 is 0 Å². The van der Waals surface area contributed by atoms with Gasteiger partial charge in [-0.3, -0.25) is 0 Å². The fourth-order valence-corrected chi connectivity index (χ4v) is 0.972. The van der Waals surface area contributed by atoms with E-state index in [1.165, 1.54) is 0 Å². The molecule has 62 valence electrons. The quantitative estimate of drug-likeness (QED) is 0.693. The largest absolute Gasteiger partial charge is 0.396 e. The molecule has 0 aromatic carbocycles. The van der Waals surface area contributed by atoms with Gasteiger partial charge >= 0.3 is 0 Å². The molecule has 0 fully saturated rings. The number of aromatic nitrogens is 3. The van der Waals surface area contributed by atoms with Gasteiger partial charge in [-0.15, -0.1) is 10.2 Å². The Labute approximate surface area is 65.9 Å². The maximum atomic E-state index is 8.57. The second-order valence-corrected chi connectivity index (χ2v) is 2.62. The van der Waals surface area contributed by atoms with Crippen molar-refractivity contribution in [2.24, 2.45) is 0 Å². The van der Waals surface area contributed by atoms with Crippen LogP contribution in [-0.2, 0) is 0 Å². The fourth-order valence-electron chi connectivity index (χ4n) is 0.972. The number of hydrogen-bond donors (Lipinski definition) is 1. The molecule has 1 atom stereocenters. The highest BCUT2D eigenvalue weighted by Crippen LogP contribution is 2.10. The lowest BCUT2D eigenvalue weighted by atomic mass is 10.2. The molecule has 0 bridgehead atoms. The molecule has 0 radical (unpaired) electrons. The van der Waals surface area contributed by atoms with E-state index >= 15 is 0 Å². The van der Waals surface area contributed by atoms with E-state index in [0.717, 1.165) is 12.8 Å². The zero-order valence-corrected chi connectivity index (χ0v) is 6.64. The van der Waals surface area contributed by atoms with E-state index in [-0.39, 0.29) is 6.61 Å². The van der Waals surface area contributed by atoms with E-state index in [1.807, 2.05) is 4.57 Å². The van der Waals surface area contributed by atoms with Gasteiger partial charge in [-0.1, -0.05) is 0 Å². The Balaban J connectivity index is 2.36. The number of hydrogen-bond acceptors (Lipinski definition) is 3. The van der Waals surface area contributed by atoms with Gasteiger partial charge in [-0.25, -0.2) is 0 Å². The molecule has 1 N–H and O–H groups in total. The van der Waals surface area contributed by atoms with Gasteiger partial charge in [-0.2, -0.15) is 0 Å². The van der Waals surface area contributed by atoms with Crippen molar-refractivity contribution in [1.29, 1.82) is 0 Å². The molecule has 0 saturated heterocycles. The van der Waals surface area contributed by atoms with E-state index in [9.17, 15) is 0 Å². The van der Waals surface area contributed by atoms with Crippen LogP contribution in [0.5, 0.6) is 0 Å². The smallest absolute Gasteiger partial charge is 0.119 e. The summed E-state index contributed by atoms with van der Waals surface area (Å²) in [5, 5.41) is 16.0. The predicted molar refractivity (Wildman–Crippen MR) is 41.1 cm³/mol. The summed E-state index contributed by atoms with van der Waals surface area (Å²) in [6, 6.07) is 0.386. The average Bonchev–Trinajstić information content (AvgIpc) is 2.52. The first kappa shape index (κ1) is 8.20. The highest BCUT2D eigenvalue weighted by atomic mass is 16.2. The van der Waals surface area contributed by atoms with E-state index in [2.05, 4.69) is 17.1 Å². The third-order valence-electron chi connectivity index (χ3n) is 1.73. The summed E-state index contributed by atoms with van der Waals surface area (Å²) in [6.07, 6.45) is 5.19. The Bertz CT molecular complexity index is 186. The van der Waals surface area contributed by atoms with Crippen LogP contribution in [-0.4, -0.2) is 26.5 Å². The van der Waals surface area contributed by atoms with Crippen LogP contribution in [0.15, 0.2) is 12.7 Å². The van der Waals surface area contributed by atoms with Crippen LogP contribution >= 0.6 is 0 Å². The van der Waals surface area contributed by atoms with Crippen LogP contribution in [0.25, 0.3) is 0 Å². The predicted octanol–water partition coefficient (Wildman–Crippen LogP) is 0.612. The first-order valence-electron chi connectivity index (χ1n) is 3.79. The lowest BCUT2D eigenvalue weighted by Gasteiger charge is -2.09. The molecule has 0 aliphatic rings. The van der Waals surface area contributed by atoms with Crippen molar-refractivity contribution >= 4 is 0 Å². The number of nitrogens with zero attached hydrogens (tertiary/aromatic N) is 3. The minimum atomic E-state index is 0.256. The Hall–Kier alpha value is -0.900. The molecule has 4 heteroatoms. The molecular formula is C7H13N3O. The summed E-state index contributed by atoms with van der Waals surface area (Å²) in [7, 11) is 0. The monoisotopic (exact) mass is 155 g/mol. The van der Waals surface area contributed by atoms with Crippen LogP contribution in [0, 0.1) is 0 Å². The van der Waals surface area contributed by atoms with Gasteiger partial charge in [-0.05, 0) is 19.8 Å². The van der Waals surface area contributed by atoms with Crippen LogP contribution in [0.2, 0.25) is 0 Å². The third kappa shape index (κ3) is 2.31. The fraction of sp³-hybridized carbons (Fsp3) is 0.714. The molecule has 1 aromatic heterocycles. The van der Waals surface area contributed by atoms with Crippen molar-refractivity contribution < 1.29 is 5.11 Å². The lowest BCUT2D eigenvalue weighted by Crippen LogP contribution is -2.03. The standard InChI is InChI=1S/C7H13N3O/c1-7(3-2-4-11)10-5-8-9-6-10/h5-7,11H,2-4H2,1H3. The molecule has 1 rings (SSSR count). The van der Waals surface area contributed by atoms with Gasteiger partial charge in [0.25, 0.3) is 0 Å². The summed E-state index contributed by atoms with van der Waals surface area (Å²) < 4.78 is 1.94. The molecular weight excluding hydrogens is 142 g/mol. The van der Waals surface area contributed by atoms with Crippen molar-refractivity contribution in [2.45, 2.75) is 25.8 Å². The van der Waals surface area contributed by atoms with Gasteiger partial charge in [0, 0.05) is 12.6 Å². The van der Waals surface area contributed by atoms with Crippen molar-refractivity contribution in [1.82, 2.24) is 14.8 Å². The highest BCUT2D eigenvalue weighted by Gasteiger charge is 2.01. The maximum absolute atomic E-state index is 8.57. The van der Waals surface area contributed by atoms with Crippen molar-refractivity contribution in [3.05, 3.63) is 12.7 Å². The molecule has 1 heterocycles. The van der Waals surface area contributed by atoms with E-state index < -0.39 is 0 Å². The summed E-state index contributed by atoms with van der Waals surface area (Å²) >= 11 is 0. The van der Waals surface area contributed by atoms with Gasteiger partial charge in [0.1, 0.15) is 12.7 Å². The molecule has 0 aliphatic carbocycles. The van der Waals surface area contributed by atoms with Crippen molar-refractivity contribution in [3.63, 3.8) is 0 Å². The number of aliphatic hydroxyl groups excluding tert-OH is 1. The second kappa shape index (κ2) is 4.08. The molecule has 4 nitrogen and oxygen atoms in total. The Morgan fingerprint density at radius 2 is 2.09 bits per heavy atom. The third-order valence-corrected chi connectivity index (χ3v) is 1.73. The van der Waals surface area contributed by atoms with Crippen molar-refractivity contribution in [3.8, 4) is 0 Å². The summed E-state index contributed by atoms with van der Waals surface area (Å²) in [4.78, 5) is 0. The summed E-state index contributed by atoms with van der Waals surface area (Å²) in [5.74, 6) is 0. The topological polar surface area (TPSA) is 50.9 Å². The van der Waals surface area contributed by atoms with E-state index in [1.54, 1.807) is 12.7 Å². The number of aliphatic hydroxyl groups is 1. The van der Waals surface area contributed by atoms with Crippen LogP contribution in [0.3, 0.4) is 0 Å². The zero-order chi connectivity index (χ0) is 8.10. The van der Waals surface area contributed by atoms with Crippen LogP contribution in [0.4, 0.5) is 0 Å². The van der Waals surface area contributed by atoms with Gasteiger partial charge in [0.05, 0.1) is 0 Å². The first-order chi connectivity index (χ1) is 5.34. The summed E-state index contributed by atoms with van der Waals surface area (Å²) in [6.45, 7) is 2.34. The maximum Gasteiger partial charge on any atom is 0.119 e. The normalized spacial score (nSPS) is 13.3. The Kier molecular flexibility index (Phi) is 3.04. The molecule has 11 heavy (non-hydrogen) atoms. The number of rotatable bonds is 4. The molecule has 0 spiro atoms. The zero-order valence-electron chi connectivity index (χ0n) is 6.64. The highest BCUT2D eigenvalue weighted by molar-refractivity contribution is 4.68. The first-order valence-corrected chi connectivity index (χ1v) is 3.79. The van der Waals surface area contributed by atoms with Gasteiger partial charge in [0.2, 0.25) is 0 Å². The second-order valence-electron chi connectivity index (χ2n) is 2.62. The SMILES string of the molecule is CC(CCCO)n1cnnc1. The van der Waals surface area contributed by atoms with E-state index in [0.29, 0.717) is 6.04 Å². The van der Waals surface area contributed by atoms with Gasteiger partial charge < -0.3 is 9.67 Å². The van der Waals surface area contributed by atoms with E-state index in [4.69, 9.17) is 5.11 Å². The Morgan fingerprint density at radius 1 is 1.45 bits per heavy atom. The minimum Gasteiger partial charge on any atom is -0.396 e.